The molecule has 176 valence electrons. The Kier molecular flexibility index (Phi) is 7.21. The van der Waals surface area contributed by atoms with Gasteiger partial charge >= 0.3 is 5.97 Å². The van der Waals surface area contributed by atoms with Crippen LogP contribution in [0, 0.1) is 6.92 Å². The molecule has 0 bridgehead atoms. The van der Waals surface area contributed by atoms with Crippen LogP contribution in [0.2, 0.25) is 0 Å². The van der Waals surface area contributed by atoms with Crippen LogP contribution in [0.3, 0.4) is 0 Å². The highest BCUT2D eigenvalue weighted by Gasteiger charge is 2.30. The second-order valence-electron chi connectivity index (χ2n) is 8.61. The van der Waals surface area contributed by atoms with Crippen LogP contribution in [-0.2, 0) is 11.4 Å². The smallest absolute Gasteiger partial charge is 0.315 e. The average molecular weight is 459 g/mol. The number of hydrogen-bond acceptors (Lipinski definition) is 4. The van der Waals surface area contributed by atoms with Gasteiger partial charge in [0.1, 0.15) is 36.4 Å². The van der Waals surface area contributed by atoms with Crippen LogP contribution in [0.25, 0.3) is 11.1 Å². The molecule has 3 aromatic rings. The van der Waals surface area contributed by atoms with E-state index in [1.807, 2.05) is 18.2 Å². The Bertz CT molecular complexity index is 1180. The van der Waals surface area contributed by atoms with Crippen LogP contribution in [0.15, 0.2) is 72.8 Å². The minimum absolute atomic E-state index is 0.192. The lowest BCUT2D eigenvalue weighted by Crippen LogP contribution is -2.23. The number of benzene rings is 3. The Hall–Kier alpha value is -3.73. The second-order valence-corrected chi connectivity index (χ2v) is 8.61. The Morgan fingerprint density at radius 1 is 1.09 bits per heavy atom. The summed E-state index contributed by atoms with van der Waals surface area (Å²) >= 11 is 0. The van der Waals surface area contributed by atoms with Crippen LogP contribution >= 0.6 is 0 Å². The highest BCUT2D eigenvalue weighted by molar-refractivity contribution is 5.82. The highest BCUT2D eigenvalue weighted by Crippen LogP contribution is 2.38. The number of ether oxygens (including phenoxy) is 3. The highest BCUT2D eigenvalue weighted by atomic mass is 16.5. The predicted molar refractivity (Wildman–Crippen MR) is 133 cm³/mol. The summed E-state index contributed by atoms with van der Waals surface area (Å²) in [5.74, 6) is 0.394. The number of carbonyl (C=O) groups is 1. The molecule has 4 rings (SSSR count). The van der Waals surface area contributed by atoms with E-state index in [1.54, 1.807) is 18.2 Å². The Labute approximate surface area is 200 Å². The number of rotatable bonds is 9. The maximum absolute atomic E-state index is 11.6. The third-order valence-corrected chi connectivity index (χ3v) is 5.93. The molecule has 0 saturated carbocycles. The van der Waals surface area contributed by atoms with E-state index in [0.29, 0.717) is 35.8 Å². The first-order valence-electron chi connectivity index (χ1n) is 11.6. The third kappa shape index (κ3) is 5.25. The molecule has 1 unspecified atom stereocenters. The fourth-order valence-electron chi connectivity index (χ4n) is 4.02. The average Bonchev–Trinajstić information content (AvgIpc) is 2.83. The van der Waals surface area contributed by atoms with Gasteiger partial charge in [0.2, 0.25) is 0 Å². The van der Waals surface area contributed by atoms with Crippen LogP contribution < -0.4 is 14.2 Å². The molecule has 1 aliphatic rings. The number of aryl methyl sites for hydroxylation is 1. The lowest BCUT2D eigenvalue weighted by atomic mass is 9.90. The summed E-state index contributed by atoms with van der Waals surface area (Å²) < 4.78 is 17.7. The molecular formula is C29H30O5. The first-order chi connectivity index (χ1) is 16.5. The molecule has 5 heteroatoms. The van der Waals surface area contributed by atoms with Crippen molar-refractivity contribution in [2.75, 3.05) is 13.2 Å². The molecule has 0 saturated heterocycles. The Morgan fingerprint density at radius 2 is 1.88 bits per heavy atom. The van der Waals surface area contributed by atoms with Gasteiger partial charge in [-0.15, -0.1) is 0 Å². The molecule has 0 aromatic heterocycles. The predicted octanol–water partition coefficient (Wildman–Crippen LogP) is 6.54. The molecule has 0 spiro atoms. The molecule has 0 fully saturated rings. The van der Waals surface area contributed by atoms with Gasteiger partial charge in [-0.25, -0.2) is 0 Å². The fourth-order valence-corrected chi connectivity index (χ4v) is 4.02. The van der Waals surface area contributed by atoms with Crippen molar-refractivity contribution in [2.45, 2.75) is 39.2 Å². The molecule has 0 radical (unpaired) electrons. The summed E-state index contributed by atoms with van der Waals surface area (Å²) in [6, 6.07) is 19.8. The van der Waals surface area contributed by atoms with Crippen LogP contribution in [-0.4, -0.2) is 24.3 Å². The van der Waals surface area contributed by atoms with Gasteiger partial charge in [-0.2, -0.15) is 0 Å². The fraction of sp³-hybridized carbons (Fsp3) is 0.276. The van der Waals surface area contributed by atoms with E-state index in [0.717, 1.165) is 35.3 Å². The van der Waals surface area contributed by atoms with Gasteiger partial charge in [0.05, 0.1) is 6.61 Å². The molecule has 1 heterocycles. The van der Waals surface area contributed by atoms with Crippen molar-refractivity contribution in [1.29, 1.82) is 0 Å². The molecular weight excluding hydrogens is 428 g/mol. The summed E-state index contributed by atoms with van der Waals surface area (Å²) in [6.45, 7) is 9.36. The number of hydrogen-bond donors (Lipinski definition) is 1. The normalized spacial score (nSPS) is 14.8. The molecule has 34 heavy (non-hydrogen) atoms. The largest absolute Gasteiger partial charge is 0.493 e. The van der Waals surface area contributed by atoms with E-state index >= 15 is 0 Å². The van der Waals surface area contributed by atoms with Crippen molar-refractivity contribution in [3.63, 3.8) is 0 Å². The minimum Gasteiger partial charge on any atom is -0.493 e. The van der Waals surface area contributed by atoms with E-state index in [4.69, 9.17) is 14.2 Å². The SMILES string of the molecule is C=C1COc2cc(OCc3ccc(-c4cc(C)ccc4OCCCC)cc3)ccc2C1C(=O)O. The maximum Gasteiger partial charge on any atom is 0.315 e. The summed E-state index contributed by atoms with van der Waals surface area (Å²) in [6.07, 6.45) is 2.13. The zero-order chi connectivity index (χ0) is 24.1. The van der Waals surface area contributed by atoms with E-state index < -0.39 is 11.9 Å². The van der Waals surface area contributed by atoms with Crippen molar-refractivity contribution in [3.05, 3.63) is 89.5 Å². The van der Waals surface area contributed by atoms with Crippen LogP contribution in [0.1, 0.15) is 42.4 Å². The second kappa shape index (κ2) is 10.5. The standard InChI is InChI=1S/C29H30O5/c1-4-5-14-32-26-13-6-19(2)15-25(26)22-9-7-21(8-10-22)18-33-23-11-12-24-27(16-23)34-17-20(3)28(24)29(30)31/h6-13,15-16,28H,3-5,14,17-18H2,1-2H3,(H,30,31). The first kappa shape index (κ1) is 23.4. The number of carboxylic acid groups (broad SMARTS) is 1. The van der Waals surface area contributed by atoms with Crippen molar-refractivity contribution in [1.82, 2.24) is 0 Å². The quantitative estimate of drug-likeness (QED) is 0.291. The summed E-state index contributed by atoms with van der Waals surface area (Å²) in [5, 5.41) is 9.51. The molecule has 0 aliphatic carbocycles. The maximum atomic E-state index is 11.6. The van der Waals surface area contributed by atoms with E-state index in [9.17, 15) is 9.90 Å². The van der Waals surface area contributed by atoms with E-state index in [2.05, 4.69) is 44.7 Å². The number of unbranched alkanes of at least 4 members (excludes halogenated alkanes) is 1. The van der Waals surface area contributed by atoms with Gasteiger partial charge in [0.15, 0.2) is 0 Å². The molecule has 1 N–H and O–H groups in total. The number of aliphatic carboxylic acids is 1. The first-order valence-corrected chi connectivity index (χ1v) is 11.6. The molecule has 0 amide bonds. The lowest BCUT2D eigenvalue weighted by molar-refractivity contribution is -0.138. The summed E-state index contributed by atoms with van der Waals surface area (Å²) in [4.78, 5) is 11.6. The van der Waals surface area contributed by atoms with Crippen LogP contribution in [0.5, 0.6) is 17.2 Å². The number of fused-ring (bicyclic) bond motifs is 1. The van der Waals surface area contributed by atoms with Gasteiger partial charge in [0.25, 0.3) is 0 Å². The summed E-state index contributed by atoms with van der Waals surface area (Å²) in [5.41, 5.74) is 5.55. The lowest BCUT2D eigenvalue weighted by Gasteiger charge is -2.25. The third-order valence-electron chi connectivity index (χ3n) is 5.93. The van der Waals surface area contributed by atoms with Crippen molar-refractivity contribution < 1.29 is 24.1 Å². The van der Waals surface area contributed by atoms with Crippen molar-refractivity contribution >= 4 is 5.97 Å². The van der Waals surface area contributed by atoms with Gasteiger partial charge < -0.3 is 19.3 Å². The van der Waals surface area contributed by atoms with Gasteiger partial charge in [-0.05, 0) is 48.2 Å². The monoisotopic (exact) mass is 458 g/mol. The summed E-state index contributed by atoms with van der Waals surface area (Å²) in [7, 11) is 0. The molecule has 1 aliphatic heterocycles. The zero-order valence-electron chi connectivity index (χ0n) is 19.7. The number of carboxylic acids is 1. The Morgan fingerprint density at radius 3 is 2.62 bits per heavy atom. The minimum atomic E-state index is -0.921. The van der Waals surface area contributed by atoms with E-state index in [1.165, 1.54) is 5.56 Å². The molecule has 3 aromatic carbocycles. The van der Waals surface area contributed by atoms with Crippen molar-refractivity contribution in [3.8, 4) is 28.4 Å². The van der Waals surface area contributed by atoms with Crippen molar-refractivity contribution in [2.24, 2.45) is 0 Å². The Balaban J connectivity index is 1.45. The van der Waals surface area contributed by atoms with E-state index in [-0.39, 0.29) is 6.61 Å². The van der Waals surface area contributed by atoms with Gasteiger partial charge in [-0.1, -0.05) is 61.9 Å². The topological polar surface area (TPSA) is 65.0 Å². The van der Waals surface area contributed by atoms with Gasteiger partial charge in [-0.3, -0.25) is 4.79 Å². The van der Waals surface area contributed by atoms with Crippen LogP contribution in [0.4, 0.5) is 0 Å². The molecule has 1 atom stereocenters. The molecule has 5 nitrogen and oxygen atoms in total. The zero-order valence-corrected chi connectivity index (χ0v) is 19.7. The van der Waals surface area contributed by atoms with Gasteiger partial charge in [0, 0.05) is 17.2 Å².